The van der Waals surface area contributed by atoms with E-state index in [2.05, 4.69) is 4.98 Å². The molecule has 1 atom stereocenters. The minimum atomic E-state index is -0.154. The molecule has 0 radical (unpaired) electrons. The lowest BCUT2D eigenvalue weighted by atomic mass is 10.2. The molecule has 0 saturated carbocycles. The molecule has 0 aliphatic heterocycles. The Hall–Kier alpha value is -0.870. The molecule has 0 bridgehead atoms. The lowest BCUT2D eigenvalue weighted by Gasteiger charge is -2.16. The van der Waals surface area contributed by atoms with Gasteiger partial charge in [-0.1, -0.05) is 18.5 Å². The van der Waals surface area contributed by atoms with Gasteiger partial charge in [0.25, 0.3) is 5.56 Å². The van der Waals surface area contributed by atoms with Gasteiger partial charge in [0.05, 0.1) is 18.8 Å². The van der Waals surface area contributed by atoms with Gasteiger partial charge in [-0.2, -0.15) is 0 Å². The van der Waals surface area contributed by atoms with Crippen LogP contribution in [0.1, 0.15) is 19.4 Å². The van der Waals surface area contributed by atoms with Gasteiger partial charge < -0.3 is 9.30 Å². The maximum absolute atomic E-state index is 11.4. The monoisotopic (exact) mass is 216 g/mol. The van der Waals surface area contributed by atoms with E-state index in [0.717, 1.165) is 6.42 Å². The van der Waals surface area contributed by atoms with Crippen molar-refractivity contribution in [1.82, 2.24) is 9.55 Å². The number of hydrogen-bond acceptors (Lipinski definition) is 3. The normalized spacial score (nSPS) is 12.8. The average Bonchev–Trinajstić information content (AvgIpc) is 2.18. The molecule has 0 aliphatic rings. The standard InChI is InChI=1S/C9H13ClN2O2/c1-3-7(6-14-2)12-5-8(10)11-4-9(12)13/h4-5,7H,3,6H2,1-2H3. The van der Waals surface area contributed by atoms with Gasteiger partial charge >= 0.3 is 0 Å². The molecule has 4 nitrogen and oxygen atoms in total. The molecule has 0 spiro atoms. The van der Waals surface area contributed by atoms with Gasteiger partial charge in [0.1, 0.15) is 5.15 Å². The van der Waals surface area contributed by atoms with E-state index in [1.165, 1.54) is 12.4 Å². The van der Waals surface area contributed by atoms with Crippen LogP contribution < -0.4 is 5.56 Å². The molecular weight excluding hydrogens is 204 g/mol. The molecule has 0 N–H and O–H groups in total. The van der Waals surface area contributed by atoms with E-state index in [1.807, 2.05) is 6.92 Å². The third-order valence-electron chi connectivity index (χ3n) is 2.02. The van der Waals surface area contributed by atoms with E-state index < -0.39 is 0 Å². The highest BCUT2D eigenvalue weighted by molar-refractivity contribution is 6.29. The molecule has 1 rings (SSSR count). The maximum Gasteiger partial charge on any atom is 0.269 e. The molecule has 0 amide bonds. The van der Waals surface area contributed by atoms with Crippen molar-refractivity contribution in [2.75, 3.05) is 13.7 Å². The molecule has 1 heterocycles. The fourth-order valence-electron chi connectivity index (χ4n) is 1.27. The second-order valence-electron chi connectivity index (χ2n) is 2.97. The van der Waals surface area contributed by atoms with Gasteiger partial charge in [-0.25, -0.2) is 4.98 Å². The largest absolute Gasteiger partial charge is 0.383 e. The van der Waals surface area contributed by atoms with Crippen LogP contribution in [0.4, 0.5) is 0 Å². The van der Waals surface area contributed by atoms with Crippen molar-refractivity contribution in [2.24, 2.45) is 0 Å². The fraction of sp³-hybridized carbons (Fsp3) is 0.556. The minimum Gasteiger partial charge on any atom is -0.383 e. The smallest absolute Gasteiger partial charge is 0.269 e. The van der Waals surface area contributed by atoms with Crippen molar-refractivity contribution in [3.05, 3.63) is 27.9 Å². The molecule has 0 aliphatic carbocycles. The van der Waals surface area contributed by atoms with Crippen molar-refractivity contribution in [2.45, 2.75) is 19.4 Å². The second kappa shape index (κ2) is 5.12. The Morgan fingerprint density at radius 2 is 2.43 bits per heavy atom. The summed E-state index contributed by atoms with van der Waals surface area (Å²) in [5, 5.41) is 0.319. The molecular formula is C9H13ClN2O2. The van der Waals surface area contributed by atoms with E-state index in [4.69, 9.17) is 16.3 Å². The Morgan fingerprint density at radius 3 is 3.00 bits per heavy atom. The zero-order valence-corrected chi connectivity index (χ0v) is 8.99. The SMILES string of the molecule is CCC(COC)n1cc(Cl)ncc1=O. The third-order valence-corrected chi connectivity index (χ3v) is 2.22. The highest BCUT2D eigenvalue weighted by Gasteiger charge is 2.10. The van der Waals surface area contributed by atoms with Gasteiger partial charge in [0.15, 0.2) is 0 Å². The summed E-state index contributed by atoms with van der Waals surface area (Å²) in [6.07, 6.45) is 3.58. The molecule has 1 aromatic rings. The topological polar surface area (TPSA) is 44.1 Å². The number of aromatic nitrogens is 2. The first kappa shape index (κ1) is 11.2. The highest BCUT2D eigenvalue weighted by atomic mass is 35.5. The van der Waals surface area contributed by atoms with E-state index >= 15 is 0 Å². The van der Waals surface area contributed by atoms with E-state index in [0.29, 0.717) is 11.8 Å². The van der Waals surface area contributed by atoms with Gasteiger partial charge in [-0.15, -0.1) is 0 Å². The molecule has 0 aromatic carbocycles. The van der Waals surface area contributed by atoms with Gasteiger partial charge in [-0.3, -0.25) is 4.79 Å². The second-order valence-corrected chi connectivity index (χ2v) is 3.36. The molecule has 0 fully saturated rings. The Bertz CT molecular complexity index is 351. The van der Waals surface area contributed by atoms with Crippen LogP contribution >= 0.6 is 11.6 Å². The number of nitrogens with zero attached hydrogens (tertiary/aromatic N) is 2. The van der Waals surface area contributed by atoms with Crippen LogP contribution in [0.15, 0.2) is 17.2 Å². The van der Waals surface area contributed by atoms with Crippen LogP contribution in [-0.4, -0.2) is 23.3 Å². The van der Waals surface area contributed by atoms with Crippen molar-refractivity contribution < 1.29 is 4.74 Å². The number of rotatable bonds is 4. The maximum atomic E-state index is 11.4. The number of methoxy groups -OCH3 is 1. The van der Waals surface area contributed by atoms with Crippen molar-refractivity contribution in [3.8, 4) is 0 Å². The van der Waals surface area contributed by atoms with E-state index in [-0.39, 0.29) is 11.6 Å². The first-order valence-corrected chi connectivity index (χ1v) is 4.79. The third kappa shape index (κ3) is 2.56. The lowest BCUT2D eigenvalue weighted by Crippen LogP contribution is -2.26. The van der Waals surface area contributed by atoms with Crippen molar-refractivity contribution in [3.63, 3.8) is 0 Å². The quantitative estimate of drug-likeness (QED) is 0.766. The first-order valence-electron chi connectivity index (χ1n) is 4.41. The van der Waals surface area contributed by atoms with Gasteiger partial charge in [0.2, 0.25) is 0 Å². The molecule has 1 aromatic heterocycles. The molecule has 0 saturated heterocycles. The summed E-state index contributed by atoms with van der Waals surface area (Å²) < 4.78 is 6.58. The highest BCUT2D eigenvalue weighted by Crippen LogP contribution is 2.10. The Kier molecular flexibility index (Phi) is 4.10. The fourth-order valence-corrected chi connectivity index (χ4v) is 1.42. The predicted molar refractivity (Wildman–Crippen MR) is 54.7 cm³/mol. The average molecular weight is 217 g/mol. The Morgan fingerprint density at radius 1 is 1.71 bits per heavy atom. The van der Waals surface area contributed by atoms with E-state index in [9.17, 15) is 4.79 Å². The first-order chi connectivity index (χ1) is 6.69. The zero-order valence-electron chi connectivity index (χ0n) is 8.24. The minimum absolute atomic E-state index is 0.0213. The molecule has 78 valence electrons. The van der Waals surface area contributed by atoms with Crippen LogP contribution in [0.5, 0.6) is 0 Å². The van der Waals surface area contributed by atoms with Crippen LogP contribution in [0.25, 0.3) is 0 Å². The summed E-state index contributed by atoms with van der Waals surface area (Å²) in [5.74, 6) is 0. The molecule has 5 heteroatoms. The van der Waals surface area contributed by atoms with Crippen LogP contribution in [-0.2, 0) is 4.74 Å². The van der Waals surface area contributed by atoms with Crippen molar-refractivity contribution in [1.29, 1.82) is 0 Å². The van der Waals surface area contributed by atoms with Crippen molar-refractivity contribution >= 4 is 11.6 Å². The number of halogens is 1. The van der Waals surface area contributed by atoms with Crippen LogP contribution in [0.2, 0.25) is 5.15 Å². The Balaban J connectivity index is 3.02. The number of ether oxygens (including phenoxy) is 1. The molecule has 14 heavy (non-hydrogen) atoms. The lowest BCUT2D eigenvalue weighted by molar-refractivity contribution is 0.151. The summed E-state index contributed by atoms with van der Waals surface area (Å²) >= 11 is 5.71. The van der Waals surface area contributed by atoms with Gasteiger partial charge in [0, 0.05) is 13.3 Å². The number of hydrogen-bond donors (Lipinski definition) is 0. The summed E-state index contributed by atoms with van der Waals surface area (Å²) in [4.78, 5) is 15.1. The van der Waals surface area contributed by atoms with Crippen LogP contribution in [0.3, 0.4) is 0 Å². The zero-order chi connectivity index (χ0) is 10.6. The van der Waals surface area contributed by atoms with E-state index in [1.54, 1.807) is 11.7 Å². The predicted octanol–water partition coefficient (Wildman–Crippen LogP) is 1.49. The molecule has 1 unspecified atom stereocenters. The van der Waals surface area contributed by atoms with Gasteiger partial charge in [-0.05, 0) is 6.42 Å². The summed E-state index contributed by atoms with van der Waals surface area (Å²) in [6, 6.07) is 0.0213. The Labute approximate surface area is 87.5 Å². The summed E-state index contributed by atoms with van der Waals surface area (Å²) in [5.41, 5.74) is -0.154. The summed E-state index contributed by atoms with van der Waals surface area (Å²) in [7, 11) is 1.61. The summed E-state index contributed by atoms with van der Waals surface area (Å²) in [6.45, 7) is 2.49. The van der Waals surface area contributed by atoms with Crippen LogP contribution in [0, 0.1) is 0 Å².